The molecule has 0 bridgehead atoms. The van der Waals surface area contributed by atoms with Crippen molar-refractivity contribution < 1.29 is 33.7 Å². The Labute approximate surface area is 348 Å². The number of hydrogen-bond donors (Lipinski definition) is 4. The van der Waals surface area contributed by atoms with Gasteiger partial charge in [-0.25, -0.2) is 52.6 Å². The Bertz CT molecular complexity index is 1840. The summed E-state index contributed by atoms with van der Waals surface area (Å²) < 4.78 is 122. The van der Waals surface area contributed by atoms with E-state index < -0.39 is 59.7 Å². The van der Waals surface area contributed by atoms with Gasteiger partial charge in [-0.05, 0) is 63.5 Å². The van der Waals surface area contributed by atoms with Crippen LogP contribution >= 0.6 is 0 Å². The first kappa shape index (κ1) is 52.8. The van der Waals surface area contributed by atoms with Crippen molar-refractivity contribution in [3.05, 3.63) is 12.1 Å². The second kappa shape index (κ2) is 29.9. The van der Waals surface area contributed by atoms with Gasteiger partial charge < -0.3 is 0 Å². The van der Waals surface area contributed by atoms with Crippen LogP contribution in [0.2, 0.25) is 0 Å². The van der Waals surface area contributed by atoms with Crippen LogP contribution in [0.25, 0.3) is 0 Å². The van der Waals surface area contributed by atoms with E-state index in [-0.39, 0.29) is 26.2 Å². The Balaban J connectivity index is 3.65. The average molecular weight is 887 g/mol. The van der Waals surface area contributed by atoms with Gasteiger partial charge in [0, 0.05) is 51.9 Å². The molecule has 16 nitrogen and oxygen atoms in total. The number of unbranched alkanes of at least 4 members (excludes halogenated alkanes) is 20. The fourth-order valence-corrected chi connectivity index (χ4v) is 12.9. The lowest BCUT2D eigenvalue weighted by Gasteiger charge is -2.20. The fourth-order valence-electron chi connectivity index (χ4n) is 6.02. The second-order valence-corrected chi connectivity index (χ2v) is 20.9. The lowest BCUT2D eigenvalue weighted by molar-refractivity contribution is 0.540. The minimum absolute atomic E-state index is 0.105. The van der Waals surface area contributed by atoms with Gasteiger partial charge in [0.15, 0.2) is 0 Å². The van der Waals surface area contributed by atoms with Gasteiger partial charge in [0.1, 0.15) is 19.6 Å². The Morgan fingerprint density at radius 1 is 0.328 bits per heavy atom. The summed E-state index contributed by atoms with van der Waals surface area (Å²) in [7, 11) is -19.5. The van der Waals surface area contributed by atoms with E-state index in [1.165, 1.54) is 0 Å². The predicted octanol–water partition coefficient (Wildman–Crippen LogP) is 6.26. The van der Waals surface area contributed by atoms with E-state index >= 15 is 0 Å². The standard InChI is InChI=1S/C38H62N8O8S4/c39-27-17-9-1-5-13-21-31-43-55(47,48)35-25-26-36(56(49,50)44-32-22-14-6-2-10-18-28-40)38(58(53,54)46-34-24-16-8-4-12-20-30-42)37(35)57(51,52)45-33-23-15-7-3-11-19-29-41/h25-26,43-46H,1-24,31-34H2. The highest BCUT2D eigenvalue weighted by atomic mass is 32.2. The first-order valence-electron chi connectivity index (χ1n) is 20.3. The van der Waals surface area contributed by atoms with E-state index in [9.17, 15) is 33.7 Å². The van der Waals surface area contributed by atoms with Gasteiger partial charge in [0.2, 0.25) is 40.1 Å². The minimum atomic E-state index is -5.01. The van der Waals surface area contributed by atoms with Crippen LogP contribution in [0, 0.1) is 45.3 Å². The van der Waals surface area contributed by atoms with E-state index in [4.69, 9.17) is 21.0 Å². The van der Waals surface area contributed by atoms with Crippen LogP contribution in [-0.2, 0) is 40.1 Å². The molecule has 0 aliphatic rings. The van der Waals surface area contributed by atoms with Crippen LogP contribution in [0.3, 0.4) is 0 Å². The molecule has 4 N–H and O–H groups in total. The van der Waals surface area contributed by atoms with Crippen LogP contribution in [0.1, 0.15) is 154 Å². The summed E-state index contributed by atoms with van der Waals surface area (Å²) in [5.41, 5.74) is 0. The van der Waals surface area contributed by atoms with Gasteiger partial charge in [-0.2, -0.15) is 21.0 Å². The number of rotatable bonds is 36. The van der Waals surface area contributed by atoms with Gasteiger partial charge in [0.05, 0.1) is 24.3 Å². The van der Waals surface area contributed by atoms with Gasteiger partial charge >= 0.3 is 0 Å². The molecule has 0 amide bonds. The maximum absolute atomic E-state index is 14.2. The molecule has 0 saturated carbocycles. The molecule has 326 valence electrons. The molecule has 0 saturated heterocycles. The third kappa shape index (κ3) is 21.2. The SMILES string of the molecule is N#CCCCCCCCNS(=O)(=O)c1ccc(S(=O)(=O)NCCCCCCCC#N)c(S(=O)(=O)NCCCCCCCC#N)c1S(=O)(=O)NCCCCCCCC#N. The normalized spacial score (nSPS) is 12.1. The number of benzene rings is 1. The third-order valence-electron chi connectivity index (χ3n) is 9.19. The number of sulfonamides is 4. The zero-order valence-corrected chi connectivity index (χ0v) is 36.9. The number of nitrogens with one attached hydrogen (secondary N) is 4. The average Bonchev–Trinajstić information content (AvgIpc) is 3.18. The molecular weight excluding hydrogens is 825 g/mol. The summed E-state index contributed by atoms with van der Waals surface area (Å²) in [4.78, 5) is -4.23. The summed E-state index contributed by atoms with van der Waals surface area (Å²) >= 11 is 0. The maximum atomic E-state index is 14.2. The lowest BCUT2D eigenvalue weighted by Crippen LogP contribution is -2.36. The molecule has 20 heteroatoms. The minimum Gasteiger partial charge on any atom is -0.211 e. The van der Waals surface area contributed by atoms with E-state index in [0.717, 1.165) is 50.7 Å². The summed E-state index contributed by atoms with van der Waals surface area (Å²) in [6, 6.07) is 9.87. The van der Waals surface area contributed by atoms with E-state index in [1.54, 1.807) is 0 Å². The number of nitrogens with zero attached hydrogens (tertiary/aromatic N) is 4. The Morgan fingerprint density at radius 3 is 0.776 bits per heavy atom. The Hall–Kier alpha value is -3.18. The first-order valence-corrected chi connectivity index (χ1v) is 26.3. The van der Waals surface area contributed by atoms with Crippen LogP contribution in [0.15, 0.2) is 31.7 Å². The Kier molecular flexibility index (Phi) is 27.3. The monoisotopic (exact) mass is 886 g/mol. The van der Waals surface area contributed by atoms with Crippen molar-refractivity contribution >= 4 is 40.1 Å². The van der Waals surface area contributed by atoms with Crippen molar-refractivity contribution in [3.63, 3.8) is 0 Å². The highest BCUT2D eigenvalue weighted by Gasteiger charge is 2.39. The molecule has 0 atom stereocenters. The van der Waals surface area contributed by atoms with E-state index in [1.807, 2.05) is 0 Å². The van der Waals surface area contributed by atoms with Crippen molar-refractivity contribution in [2.45, 2.75) is 174 Å². The van der Waals surface area contributed by atoms with Gasteiger partial charge in [-0.3, -0.25) is 0 Å². The van der Waals surface area contributed by atoms with Crippen LogP contribution < -0.4 is 18.9 Å². The molecule has 0 aliphatic carbocycles. The van der Waals surface area contributed by atoms with Gasteiger partial charge in [-0.15, -0.1) is 0 Å². The molecule has 0 fully saturated rings. The second-order valence-electron chi connectivity index (χ2n) is 14.0. The van der Waals surface area contributed by atoms with Crippen molar-refractivity contribution in [1.82, 2.24) is 18.9 Å². The molecule has 1 aromatic rings. The molecule has 1 aromatic carbocycles. The van der Waals surface area contributed by atoms with E-state index in [2.05, 4.69) is 43.2 Å². The molecule has 0 spiro atoms. The molecule has 0 aromatic heterocycles. The molecule has 1 rings (SSSR count). The highest BCUT2D eigenvalue weighted by molar-refractivity contribution is 7.95. The van der Waals surface area contributed by atoms with Crippen LogP contribution in [0.5, 0.6) is 0 Å². The molecule has 0 radical (unpaired) electrons. The summed E-state index contributed by atoms with van der Waals surface area (Å²) in [5.74, 6) is 0. The molecule has 0 unspecified atom stereocenters. The lowest BCUT2D eigenvalue weighted by atomic mass is 10.1. The van der Waals surface area contributed by atoms with E-state index in [0.29, 0.717) is 116 Å². The first-order chi connectivity index (χ1) is 27.7. The fraction of sp³-hybridized carbons (Fsp3) is 0.737. The van der Waals surface area contributed by atoms with Crippen molar-refractivity contribution in [2.24, 2.45) is 0 Å². The molecule has 58 heavy (non-hydrogen) atoms. The molecular formula is C38H62N8O8S4. The molecule has 0 aliphatic heterocycles. The predicted molar refractivity (Wildman–Crippen MR) is 220 cm³/mol. The zero-order valence-electron chi connectivity index (χ0n) is 33.6. The van der Waals surface area contributed by atoms with Gasteiger partial charge in [-0.1, -0.05) is 77.0 Å². The largest absolute Gasteiger partial charge is 0.243 e. The number of nitriles is 4. The highest BCUT2D eigenvalue weighted by Crippen LogP contribution is 2.34. The van der Waals surface area contributed by atoms with Crippen molar-refractivity contribution in [1.29, 1.82) is 21.0 Å². The zero-order chi connectivity index (χ0) is 43.2. The van der Waals surface area contributed by atoms with Crippen LogP contribution in [-0.4, -0.2) is 59.9 Å². The van der Waals surface area contributed by atoms with Crippen molar-refractivity contribution in [2.75, 3.05) is 26.2 Å². The van der Waals surface area contributed by atoms with Crippen molar-refractivity contribution in [3.8, 4) is 24.3 Å². The summed E-state index contributed by atoms with van der Waals surface area (Å²) in [6.45, 7) is -0.596. The van der Waals surface area contributed by atoms with Gasteiger partial charge in [0.25, 0.3) is 0 Å². The smallest absolute Gasteiger partial charge is 0.211 e. The third-order valence-corrected chi connectivity index (χ3v) is 15.7. The Morgan fingerprint density at radius 2 is 0.534 bits per heavy atom. The summed E-state index contributed by atoms with van der Waals surface area (Å²) in [5, 5.41) is 35.0. The number of hydrogen-bond acceptors (Lipinski definition) is 12. The quantitative estimate of drug-likeness (QED) is 0.0544. The van der Waals surface area contributed by atoms with Crippen LogP contribution in [0.4, 0.5) is 0 Å². The topological polar surface area (TPSA) is 280 Å². The maximum Gasteiger partial charge on any atom is 0.243 e. The summed E-state index contributed by atoms with van der Waals surface area (Å²) in [6.07, 6.45) is 14.0. The molecule has 0 heterocycles.